The van der Waals surface area contributed by atoms with Crippen LogP contribution in [0.25, 0.3) is 0 Å². The van der Waals surface area contributed by atoms with Crippen molar-refractivity contribution in [3.05, 3.63) is 35.9 Å². The van der Waals surface area contributed by atoms with Gasteiger partial charge in [0.05, 0.1) is 6.54 Å². The lowest BCUT2D eigenvalue weighted by Gasteiger charge is -2.21. The van der Waals surface area contributed by atoms with Gasteiger partial charge in [0.1, 0.15) is 6.04 Å². The molecule has 126 valence electrons. The first-order valence-corrected chi connectivity index (χ1v) is 7.74. The summed E-state index contributed by atoms with van der Waals surface area (Å²) in [6.45, 7) is 7.25. The smallest absolute Gasteiger partial charge is 0.251 e. The molecule has 3 amide bonds. The Hall–Kier alpha value is -2.37. The van der Waals surface area contributed by atoms with Crippen LogP contribution < -0.4 is 16.0 Å². The largest absolute Gasteiger partial charge is 0.352 e. The number of benzene rings is 1. The minimum absolute atomic E-state index is 0.0121. The molecule has 1 aromatic carbocycles. The van der Waals surface area contributed by atoms with Crippen molar-refractivity contribution < 1.29 is 14.4 Å². The Balaban J connectivity index is 2.62. The van der Waals surface area contributed by atoms with Crippen molar-refractivity contribution in [2.24, 2.45) is 5.92 Å². The lowest BCUT2D eigenvalue weighted by atomic mass is 10.0. The van der Waals surface area contributed by atoms with Crippen LogP contribution in [-0.2, 0) is 9.59 Å². The van der Waals surface area contributed by atoms with E-state index >= 15 is 0 Å². The average Bonchev–Trinajstić information content (AvgIpc) is 2.50. The van der Waals surface area contributed by atoms with Gasteiger partial charge in [-0.3, -0.25) is 14.4 Å². The summed E-state index contributed by atoms with van der Waals surface area (Å²) in [4.78, 5) is 36.0. The van der Waals surface area contributed by atoms with E-state index < -0.39 is 6.04 Å². The summed E-state index contributed by atoms with van der Waals surface area (Å²) >= 11 is 0. The van der Waals surface area contributed by atoms with Crippen molar-refractivity contribution in [2.45, 2.75) is 39.8 Å². The SMILES string of the molecule is CC(C)NC(=O)CNC(=O)C(NC(=O)c1ccccc1)C(C)C. The highest BCUT2D eigenvalue weighted by atomic mass is 16.2. The van der Waals surface area contributed by atoms with Crippen LogP contribution in [0.15, 0.2) is 30.3 Å². The van der Waals surface area contributed by atoms with Crippen molar-refractivity contribution in [3.8, 4) is 0 Å². The van der Waals surface area contributed by atoms with Gasteiger partial charge in [-0.05, 0) is 31.9 Å². The summed E-state index contributed by atoms with van der Waals surface area (Å²) in [7, 11) is 0. The zero-order valence-electron chi connectivity index (χ0n) is 14.1. The molecule has 0 aliphatic heterocycles. The number of hydrogen-bond donors (Lipinski definition) is 3. The lowest BCUT2D eigenvalue weighted by molar-refractivity contribution is -0.128. The third-order valence-corrected chi connectivity index (χ3v) is 3.14. The van der Waals surface area contributed by atoms with Crippen LogP contribution in [-0.4, -0.2) is 36.3 Å². The molecule has 0 fully saturated rings. The molecule has 0 saturated heterocycles. The number of carbonyl (C=O) groups excluding carboxylic acids is 3. The van der Waals surface area contributed by atoms with Gasteiger partial charge in [0, 0.05) is 11.6 Å². The van der Waals surface area contributed by atoms with Gasteiger partial charge in [0.25, 0.3) is 5.91 Å². The second kappa shape index (κ2) is 8.92. The highest BCUT2D eigenvalue weighted by Crippen LogP contribution is 2.05. The van der Waals surface area contributed by atoms with Crippen molar-refractivity contribution in [2.75, 3.05) is 6.54 Å². The maximum Gasteiger partial charge on any atom is 0.251 e. The summed E-state index contributed by atoms with van der Waals surface area (Å²) in [6, 6.07) is 8.01. The number of rotatable bonds is 7. The molecule has 0 spiro atoms. The molecule has 6 heteroatoms. The Bertz CT molecular complexity index is 541. The second-order valence-electron chi connectivity index (χ2n) is 6.00. The highest BCUT2D eigenvalue weighted by molar-refractivity contribution is 5.98. The molecule has 0 aliphatic carbocycles. The normalized spacial score (nSPS) is 11.9. The molecule has 1 atom stereocenters. The standard InChI is InChI=1S/C17H25N3O3/c1-11(2)15(17(23)18-10-14(21)19-12(3)4)20-16(22)13-8-6-5-7-9-13/h5-9,11-12,15H,10H2,1-4H3,(H,18,23)(H,19,21)(H,20,22). The number of carbonyl (C=O) groups is 3. The zero-order valence-corrected chi connectivity index (χ0v) is 14.1. The minimum Gasteiger partial charge on any atom is -0.352 e. The Morgan fingerprint density at radius 3 is 2.09 bits per heavy atom. The van der Waals surface area contributed by atoms with E-state index in [2.05, 4.69) is 16.0 Å². The fourth-order valence-electron chi connectivity index (χ4n) is 2.00. The summed E-state index contributed by atoms with van der Waals surface area (Å²) in [6.07, 6.45) is 0. The fourth-order valence-corrected chi connectivity index (χ4v) is 2.00. The molecule has 1 rings (SSSR count). The summed E-state index contributed by atoms with van der Waals surface area (Å²) < 4.78 is 0. The van der Waals surface area contributed by atoms with E-state index in [4.69, 9.17) is 0 Å². The lowest BCUT2D eigenvalue weighted by Crippen LogP contribution is -2.51. The predicted octanol–water partition coefficient (Wildman–Crippen LogP) is 1.08. The molecular weight excluding hydrogens is 294 g/mol. The number of hydrogen-bond acceptors (Lipinski definition) is 3. The van der Waals surface area contributed by atoms with E-state index in [1.807, 2.05) is 33.8 Å². The third-order valence-electron chi connectivity index (χ3n) is 3.14. The van der Waals surface area contributed by atoms with Gasteiger partial charge in [-0.25, -0.2) is 0 Å². The summed E-state index contributed by atoms with van der Waals surface area (Å²) in [5.41, 5.74) is 0.489. The topological polar surface area (TPSA) is 87.3 Å². The molecule has 0 aliphatic rings. The molecular formula is C17H25N3O3. The Morgan fingerprint density at radius 2 is 1.57 bits per heavy atom. The highest BCUT2D eigenvalue weighted by Gasteiger charge is 2.24. The van der Waals surface area contributed by atoms with Gasteiger partial charge < -0.3 is 16.0 Å². The molecule has 0 aromatic heterocycles. The predicted molar refractivity (Wildman–Crippen MR) is 88.8 cm³/mol. The van der Waals surface area contributed by atoms with E-state index in [1.165, 1.54) is 0 Å². The van der Waals surface area contributed by atoms with Crippen molar-refractivity contribution in [1.82, 2.24) is 16.0 Å². The van der Waals surface area contributed by atoms with Gasteiger partial charge in [-0.1, -0.05) is 32.0 Å². The first kappa shape index (κ1) is 18.7. The van der Waals surface area contributed by atoms with Crippen LogP contribution in [0, 0.1) is 5.92 Å². The molecule has 23 heavy (non-hydrogen) atoms. The third kappa shape index (κ3) is 6.50. The van der Waals surface area contributed by atoms with Crippen LogP contribution in [0.4, 0.5) is 0 Å². The van der Waals surface area contributed by atoms with E-state index in [0.717, 1.165) is 0 Å². The van der Waals surface area contributed by atoms with Crippen molar-refractivity contribution in [3.63, 3.8) is 0 Å². The Morgan fingerprint density at radius 1 is 0.957 bits per heavy atom. The quantitative estimate of drug-likeness (QED) is 0.703. The van der Waals surface area contributed by atoms with Crippen molar-refractivity contribution >= 4 is 17.7 Å². The number of nitrogens with one attached hydrogen (secondary N) is 3. The molecule has 1 unspecified atom stereocenters. The second-order valence-corrected chi connectivity index (χ2v) is 6.00. The minimum atomic E-state index is -0.699. The van der Waals surface area contributed by atoms with E-state index in [-0.39, 0.29) is 36.2 Å². The van der Waals surface area contributed by atoms with E-state index in [0.29, 0.717) is 5.56 Å². The van der Waals surface area contributed by atoms with Crippen molar-refractivity contribution in [1.29, 1.82) is 0 Å². The zero-order chi connectivity index (χ0) is 17.4. The van der Waals surface area contributed by atoms with Gasteiger partial charge in [0.15, 0.2) is 0 Å². The van der Waals surface area contributed by atoms with Gasteiger partial charge in [0.2, 0.25) is 11.8 Å². The molecule has 0 heterocycles. The molecule has 3 N–H and O–H groups in total. The molecule has 0 saturated carbocycles. The first-order valence-electron chi connectivity index (χ1n) is 7.74. The molecule has 6 nitrogen and oxygen atoms in total. The Labute approximate surface area is 137 Å². The molecule has 1 aromatic rings. The van der Waals surface area contributed by atoms with Crippen LogP contribution >= 0.6 is 0 Å². The van der Waals surface area contributed by atoms with Crippen LogP contribution in [0.2, 0.25) is 0 Å². The Kier molecular flexibility index (Phi) is 7.25. The first-order chi connectivity index (χ1) is 10.8. The summed E-state index contributed by atoms with van der Waals surface area (Å²) in [5, 5.41) is 7.97. The average molecular weight is 319 g/mol. The van der Waals surface area contributed by atoms with E-state index in [1.54, 1.807) is 24.3 Å². The summed E-state index contributed by atoms with van der Waals surface area (Å²) in [5.74, 6) is -1.05. The van der Waals surface area contributed by atoms with Crippen LogP contribution in [0.3, 0.4) is 0 Å². The fraction of sp³-hybridized carbons (Fsp3) is 0.471. The molecule has 0 bridgehead atoms. The van der Waals surface area contributed by atoms with Crippen LogP contribution in [0.5, 0.6) is 0 Å². The van der Waals surface area contributed by atoms with Crippen LogP contribution in [0.1, 0.15) is 38.1 Å². The molecule has 0 radical (unpaired) electrons. The monoisotopic (exact) mass is 319 g/mol. The maximum absolute atomic E-state index is 12.2. The number of amides is 3. The maximum atomic E-state index is 12.2. The van der Waals surface area contributed by atoms with Gasteiger partial charge in [-0.15, -0.1) is 0 Å². The van der Waals surface area contributed by atoms with Gasteiger partial charge in [-0.2, -0.15) is 0 Å². The van der Waals surface area contributed by atoms with E-state index in [9.17, 15) is 14.4 Å². The van der Waals surface area contributed by atoms with Gasteiger partial charge >= 0.3 is 0 Å².